The van der Waals surface area contributed by atoms with Crippen LogP contribution in [-0.2, 0) is 34.5 Å². The molecule has 0 unspecified atom stereocenters. The van der Waals surface area contributed by atoms with Gasteiger partial charge in [-0.2, -0.15) is 24.3 Å². The second kappa shape index (κ2) is 10.9. The number of imidazole rings is 2. The Morgan fingerprint density at radius 1 is 0.857 bits per heavy atom. The summed E-state index contributed by atoms with van der Waals surface area (Å²) in [7, 11) is 2.09. The van der Waals surface area contributed by atoms with E-state index >= 15 is 0 Å². The van der Waals surface area contributed by atoms with Gasteiger partial charge in [-0.05, 0) is 56.5 Å². The van der Waals surface area contributed by atoms with Crippen molar-refractivity contribution in [3.63, 3.8) is 0 Å². The predicted molar refractivity (Wildman–Crippen MR) is 166 cm³/mol. The molecule has 0 saturated carbocycles. The largest absolute Gasteiger partial charge is 2.00 e. The number of aryl methyl sites for hydroxylation is 3. The Morgan fingerprint density at radius 2 is 1.62 bits per heavy atom. The molecule has 3 aromatic heterocycles. The molecule has 0 spiro atoms. The van der Waals surface area contributed by atoms with Crippen LogP contribution in [0.25, 0.3) is 44.6 Å². The van der Waals surface area contributed by atoms with E-state index in [9.17, 15) is 0 Å². The first kappa shape index (κ1) is 27.9. The molecule has 0 aliphatic heterocycles. The summed E-state index contributed by atoms with van der Waals surface area (Å²) in [6.45, 7) is 8.58. The number of benzene rings is 4. The van der Waals surface area contributed by atoms with Crippen LogP contribution in [0, 0.1) is 39.8 Å². The Hall–Kier alpha value is -4.21. The summed E-state index contributed by atoms with van der Waals surface area (Å²) >= 11 is 0. The quantitative estimate of drug-likeness (QED) is 0.170. The molecule has 0 fully saturated rings. The zero-order valence-corrected chi connectivity index (χ0v) is 26.6. The van der Waals surface area contributed by atoms with Crippen molar-refractivity contribution in [3.05, 3.63) is 131 Å². The Balaban J connectivity index is 0.00000316. The van der Waals surface area contributed by atoms with Crippen molar-refractivity contribution in [2.24, 2.45) is 7.05 Å². The van der Waals surface area contributed by atoms with Crippen LogP contribution in [0.15, 0.2) is 85.3 Å². The van der Waals surface area contributed by atoms with Gasteiger partial charge in [0.25, 0.3) is 0 Å². The van der Waals surface area contributed by atoms with Crippen molar-refractivity contribution in [3.8, 4) is 22.8 Å². The van der Waals surface area contributed by atoms with Crippen molar-refractivity contribution in [2.75, 3.05) is 0 Å². The molecule has 7 aromatic rings. The number of rotatable bonds is 5. The van der Waals surface area contributed by atoms with Crippen molar-refractivity contribution in [1.29, 1.82) is 0 Å². The molecule has 0 aliphatic rings. The van der Waals surface area contributed by atoms with Gasteiger partial charge in [-0.15, -0.1) is 40.8 Å². The van der Waals surface area contributed by atoms with Gasteiger partial charge in [-0.3, -0.25) is 4.98 Å². The minimum atomic E-state index is 0. The summed E-state index contributed by atoms with van der Waals surface area (Å²) in [6, 6.07) is 32.5. The average molecular weight is 729 g/mol. The van der Waals surface area contributed by atoms with E-state index in [1.54, 1.807) is 0 Å². The van der Waals surface area contributed by atoms with Crippen molar-refractivity contribution >= 4 is 21.8 Å². The third-order valence-corrected chi connectivity index (χ3v) is 8.11. The number of para-hydroxylation sites is 2. The van der Waals surface area contributed by atoms with Gasteiger partial charge in [-0.1, -0.05) is 41.4 Å². The zero-order valence-electron chi connectivity index (χ0n) is 24.3. The van der Waals surface area contributed by atoms with Gasteiger partial charge in [0, 0.05) is 24.7 Å². The second-order valence-electron chi connectivity index (χ2n) is 11.0. The normalized spacial score (nSPS) is 11.4. The van der Waals surface area contributed by atoms with Crippen molar-refractivity contribution < 1.29 is 21.1 Å². The summed E-state index contributed by atoms with van der Waals surface area (Å²) in [5, 5.41) is 2.40. The van der Waals surface area contributed by atoms with Gasteiger partial charge >= 0.3 is 21.1 Å². The van der Waals surface area contributed by atoms with E-state index in [4.69, 9.17) is 9.97 Å². The molecule has 6 heteroatoms. The Bertz CT molecular complexity index is 2020. The number of aromatic nitrogens is 5. The standard InChI is InChI=1S/C36H31N5.Pt/c1-23-17-24(2)35(25(3)18-23)40-21-31(37-22-40)28-12-10-11-27(19-28)20-34-38-36(26(4)39(34)5)41-32-15-8-6-13-29(32)30-14-7-9-16-33(30)41;/h6-15,17-18,21-22H,20H2,1-5H3;/q-2;+2. The maximum absolute atomic E-state index is 5.19. The molecule has 0 radical (unpaired) electrons. The van der Waals surface area contributed by atoms with E-state index < -0.39 is 0 Å². The van der Waals surface area contributed by atoms with E-state index in [0.717, 1.165) is 45.2 Å². The van der Waals surface area contributed by atoms with E-state index in [1.807, 2.05) is 18.5 Å². The number of hydrogen-bond acceptors (Lipinski definition) is 2. The van der Waals surface area contributed by atoms with Gasteiger partial charge in [0.1, 0.15) is 5.82 Å². The number of hydrogen-bond donors (Lipinski definition) is 0. The first-order valence-electron chi connectivity index (χ1n) is 14.0. The molecule has 0 bridgehead atoms. The van der Waals surface area contributed by atoms with Crippen LogP contribution in [0.2, 0.25) is 0 Å². The van der Waals surface area contributed by atoms with Gasteiger partial charge in [0.15, 0.2) is 5.82 Å². The minimum Gasteiger partial charge on any atom is -0.333 e. The molecule has 0 aliphatic carbocycles. The smallest absolute Gasteiger partial charge is 0.333 e. The Morgan fingerprint density at radius 3 is 2.43 bits per heavy atom. The fraction of sp³-hybridized carbons (Fsp3) is 0.167. The molecule has 210 valence electrons. The fourth-order valence-corrected chi connectivity index (χ4v) is 6.16. The van der Waals surface area contributed by atoms with Crippen molar-refractivity contribution in [2.45, 2.75) is 34.1 Å². The molecule has 3 heterocycles. The van der Waals surface area contributed by atoms with Gasteiger partial charge in [0.05, 0.1) is 17.7 Å². The van der Waals surface area contributed by atoms with E-state index in [0.29, 0.717) is 6.42 Å². The predicted octanol–water partition coefficient (Wildman–Crippen LogP) is 7.79. The van der Waals surface area contributed by atoms with E-state index in [-0.39, 0.29) is 21.1 Å². The molecule has 42 heavy (non-hydrogen) atoms. The second-order valence-corrected chi connectivity index (χ2v) is 11.0. The third kappa shape index (κ3) is 4.62. The van der Waals surface area contributed by atoms with Crippen LogP contribution < -0.4 is 0 Å². The Labute approximate surface area is 260 Å². The zero-order chi connectivity index (χ0) is 28.2. The van der Waals surface area contributed by atoms with Gasteiger partial charge in [0.2, 0.25) is 0 Å². The van der Waals surface area contributed by atoms with Crippen LogP contribution in [0.4, 0.5) is 0 Å². The first-order chi connectivity index (χ1) is 19.9. The molecule has 7 rings (SSSR count). The molecule has 0 N–H and O–H groups in total. The minimum absolute atomic E-state index is 0. The SMILES string of the molecule is Cc1cc(C)c(-n2cnc(-c3[c-]c(Cc4nc(-n5c6[c-]cccc6c6ccccc65)c(C)n4C)ccc3)c2)c(C)c1.[Pt+2]. The molecule has 0 atom stereocenters. The topological polar surface area (TPSA) is 40.6 Å². The maximum atomic E-state index is 5.19. The number of fused-ring (bicyclic) bond motifs is 3. The molecule has 0 amide bonds. The molecule has 5 nitrogen and oxygen atoms in total. The monoisotopic (exact) mass is 728 g/mol. The van der Waals surface area contributed by atoms with Crippen LogP contribution >= 0.6 is 0 Å². The van der Waals surface area contributed by atoms with E-state index in [1.165, 1.54) is 33.2 Å². The Kier molecular flexibility index (Phi) is 7.24. The molecule has 0 saturated heterocycles. The van der Waals surface area contributed by atoms with Crippen LogP contribution in [-0.4, -0.2) is 23.7 Å². The molecular formula is C36H31N5Pt. The molecule has 4 aromatic carbocycles. The van der Waals surface area contributed by atoms with Crippen LogP contribution in [0.3, 0.4) is 0 Å². The maximum Gasteiger partial charge on any atom is 2.00 e. The van der Waals surface area contributed by atoms with Gasteiger partial charge < -0.3 is 13.7 Å². The van der Waals surface area contributed by atoms with E-state index in [2.05, 4.69) is 127 Å². The van der Waals surface area contributed by atoms with Crippen LogP contribution in [0.1, 0.15) is 33.8 Å². The van der Waals surface area contributed by atoms with Crippen molar-refractivity contribution in [1.82, 2.24) is 23.7 Å². The first-order valence-corrected chi connectivity index (χ1v) is 14.0. The van der Waals surface area contributed by atoms with Gasteiger partial charge in [-0.25, -0.2) is 4.98 Å². The fourth-order valence-electron chi connectivity index (χ4n) is 6.16. The summed E-state index contributed by atoms with van der Waals surface area (Å²) in [6.07, 6.45) is 4.67. The summed E-state index contributed by atoms with van der Waals surface area (Å²) in [4.78, 5) is 9.93. The third-order valence-electron chi connectivity index (χ3n) is 8.11. The average Bonchev–Trinajstić information content (AvgIpc) is 3.64. The summed E-state index contributed by atoms with van der Waals surface area (Å²) in [5.41, 5.74) is 11.2. The summed E-state index contributed by atoms with van der Waals surface area (Å²) < 4.78 is 6.56. The number of nitrogens with zero attached hydrogens (tertiary/aromatic N) is 5. The summed E-state index contributed by atoms with van der Waals surface area (Å²) in [5.74, 6) is 1.93. The molecular weight excluding hydrogens is 698 g/mol. The van der Waals surface area contributed by atoms with Crippen LogP contribution in [0.5, 0.6) is 0 Å².